The maximum atomic E-state index is 12.4. The van der Waals surface area contributed by atoms with Crippen molar-refractivity contribution in [2.45, 2.75) is 47.2 Å². The molecule has 1 atom stereocenters. The van der Waals surface area contributed by atoms with E-state index in [-0.39, 0.29) is 11.6 Å². The predicted octanol–water partition coefficient (Wildman–Crippen LogP) is 2.68. The summed E-state index contributed by atoms with van der Waals surface area (Å²) >= 11 is 0. The third kappa shape index (κ3) is 3.32. The maximum absolute atomic E-state index is 12.4. The Hall–Kier alpha value is -2.11. The average Bonchev–Trinajstić information content (AvgIpc) is 2.73. The molecule has 0 saturated carbocycles. The molecular weight excluding hydrogens is 268 g/mol. The second kappa shape index (κ2) is 6.11. The number of anilines is 1. The minimum atomic E-state index is -0.107. The topological polar surface area (TPSA) is 73.0 Å². The first kappa shape index (κ1) is 15.3. The summed E-state index contributed by atoms with van der Waals surface area (Å²) in [7, 11) is 0. The lowest BCUT2D eigenvalue weighted by Gasteiger charge is -2.15. The summed E-state index contributed by atoms with van der Waals surface area (Å²) in [5, 5.41) is 7.10. The van der Waals surface area contributed by atoms with Crippen LogP contribution in [0.5, 0.6) is 0 Å². The lowest BCUT2D eigenvalue weighted by molar-refractivity contribution is 0.392. The van der Waals surface area contributed by atoms with Gasteiger partial charge in [-0.1, -0.05) is 19.0 Å². The molecular formula is C15H22N4O2. The Kier molecular flexibility index (Phi) is 4.45. The normalized spacial score (nSPS) is 12.7. The second-order valence-corrected chi connectivity index (χ2v) is 5.73. The molecule has 2 aromatic heterocycles. The fraction of sp³-hybridized carbons (Fsp3) is 0.533. The highest BCUT2D eigenvalue weighted by Crippen LogP contribution is 2.23. The van der Waals surface area contributed by atoms with Crippen LogP contribution in [0.3, 0.4) is 0 Å². The van der Waals surface area contributed by atoms with Gasteiger partial charge in [0.15, 0.2) is 5.82 Å². The van der Waals surface area contributed by atoms with E-state index >= 15 is 0 Å². The van der Waals surface area contributed by atoms with Crippen LogP contribution in [-0.2, 0) is 6.54 Å². The standard InChI is InChI=1S/C15H22N4O2/c1-9(2)8-19-7-6-16-14(15(19)20)17-10(3)13-11(4)18-21-12(13)5/h6-7,9-10H,8H2,1-5H3,(H,16,17). The molecule has 0 aliphatic heterocycles. The Morgan fingerprint density at radius 2 is 2.05 bits per heavy atom. The third-order valence-corrected chi connectivity index (χ3v) is 3.35. The van der Waals surface area contributed by atoms with Gasteiger partial charge in [-0.3, -0.25) is 4.79 Å². The Morgan fingerprint density at radius 1 is 1.33 bits per heavy atom. The van der Waals surface area contributed by atoms with E-state index in [2.05, 4.69) is 29.3 Å². The van der Waals surface area contributed by atoms with Crippen molar-refractivity contribution in [3.8, 4) is 0 Å². The number of nitrogens with one attached hydrogen (secondary N) is 1. The second-order valence-electron chi connectivity index (χ2n) is 5.73. The van der Waals surface area contributed by atoms with Gasteiger partial charge in [0, 0.05) is 24.5 Å². The van der Waals surface area contributed by atoms with Crippen molar-refractivity contribution in [2.75, 3.05) is 5.32 Å². The van der Waals surface area contributed by atoms with Crippen molar-refractivity contribution < 1.29 is 4.52 Å². The van der Waals surface area contributed by atoms with Crippen LogP contribution in [0.15, 0.2) is 21.7 Å². The average molecular weight is 290 g/mol. The first-order valence-corrected chi connectivity index (χ1v) is 7.15. The third-order valence-electron chi connectivity index (χ3n) is 3.35. The van der Waals surface area contributed by atoms with E-state index in [0.717, 1.165) is 17.0 Å². The van der Waals surface area contributed by atoms with Gasteiger partial charge in [-0.15, -0.1) is 0 Å². The first-order chi connectivity index (χ1) is 9.90. The van der Waals surface area contributed by atoms with Crippen LogP contribution in [0.1, 0.15) is 43.8 Å². The van der Waals surface area contributed by atoms with Gasteiger partial charge in [-0.25, -0.2) is 4.98 Å². The summed E-state index contributed by atoms with van der Waals surface area (Å²) < 4.78 is 6.85. The molecule has 0 aromatic carbocycles. The van der Waals surface area contributed by atoms with Crippen LogP contribution in [0.2, 0.25) is 0 Å². The molecule has 2 rings (SSSR count). The van der Waals surface area contributed by atoms with E-state index in [4.69, 9.17) is 4.52 Å². The lowest BCUT2D eigenvalue weighted by Crippen LogP contribution is -2.27. The van der Waals surface area contributed by atoms with E-state index in [9.17, 15) is 4.79 Å². The highest BCUT2D eigenvalue weighted by Gasteiger charge is 2.18. The molecule has 0 bridgehead atoms. The highest BCUT2D eigenvalue weighted by atomic mass is 16.5. The summed E-state index contributed by atoms with van der Waals surface area (Å²) in [6.07, 6.45) is 3.36. The quantitative estimate of drug-likeness (QED) is 0.916. The summed E-state index contributed by atoms with van der Waals surface area (Å²) in [6.45, 7) is 10.5. The van der Waals surface area contributed by atoms with Gasteiger partial charge >= 0.3 is 0 Å². The molecule has 1 unspecified atom stereocenters. The van der Waals surface area contributed by atoms with Crippen molar-refractivity contribution in [3.63, 3.8) is 0 Å². The summed E-state index contributed by atoms with van der Waals surface area (Å²) in [5.74, 6) is 1.51. The molecule has 6 nitrogen and oxygen atoms in total. The molecule has 2 aromatic rings. The number of nitrogens with zero attached hydrogens (tertiary/aromatic N) is 3. The molecule has 0 saturated heterocycles. The van der Waals surface area contributed by atoms with Gasteiger partial charge in [0.25, 0.3) is 5.56 Å². The molecule has 0 aliphatic rings. The molecule has 0 fully saturated rings. The van der Waals surface area contributed by atoms with E-state index in [1.165, 1.54) is 0 Å². The van der Waals surface area contributed by atoms with Crippen LogP contribution in [0.4, 0.5) is 5.82 Å². The zero-order valence-corrected chi connectivity index (χ0v) is 13.2. The van der Waals surface area contributed by atoms with E-state index in [0.29, 0.717) is 18.3 Å². The van der Waals surface area contributed by atoms with Crippen LogP contribution >= 0.6 is 0 Å². The minimum absolute atomic E-state index is 0.0913. The maximum Gasteiger partial charge on any atom is 0.293 e. The predicted molar refractivity (Wildman–Crippen MR) is 81.3 cm³/mol. The van der Waals surface area contributed by atoms with Gasteiger partial charge in [0.1, 0.15) is 5.76 Å². The number of rotatable bonds is 5. The van der Waals surface area contributed by atoms with E-state index < -0.39 is 0 Å². The largest absolute Gasteiger partial charge is 0.361 e. The first-order valence-electron chi connectivity index (χ1n) is 7.15. The number of aromatic nitrogens is 3. The van der Waals surface area contributed by atoms with Crippen LogP contribution in [0.25, 0.3) is 0 Å². The van der Waals surface area contributed by atoms with Crippen molar-refractivity contribution in [1.82, 2.24) is 14.7 Å². The molecule has 0 amide bonds. The van der Waals surface area contributed by atoms with Crippen molar-refractivity contribution in [1.29, 1.82) is 0 Å². The molecule has 2 heterocycles. The minimum Gasteiger partial charge on any atom is -0.361 e. The monoisotopic (exact) mass is 290 g/mol. The lowest BCUT2D eigenvalue weighted by atomic mass is 10.1. The fourth-order valence-corrected chi connectivity index (χ4v) is 2.47. The summed E-state index contributed by atoms with van der Waals surface area (Å²) in [4.78, 5) is 16.5. The van der Waals surface area contributed by atoms with Crippen LogP contribution < -0.4 is 10.9 Å². The zero-order chi connectivity index (χ0) is 15.6. The molecule has 6 heteroatoms. The molecule has 21 heavy (non-hydrogen) atoms. The van der Waals surface area contributed by atoms with Gasteiger partial charge in [-0.05, 0) is 26.7 Å². The van der Waals surface area contributed by atoms with E-state index in [1.54, 1.807) is 17.0 Å². The highest BCUT2D eigenvalue weighted by molar-refractivity contribution is 5.37. The van der Waals surface area contributed by atoms with Crippen molar-refractivity contribution in [2.24, 2.45) is 5.92 Å². The smallest absolute Gasteiger partial charge is 0.293 e. The Morgan fingerprint density at radius 3 is 2.62 bits per heavy atom. The van der Waals surface area contributed by atoms with Crippen molar-refractivity contribution in [3.05, 3.63) is 39.8 Å². The van der Waals surface area contributed by atoms with Crippen LogP contribution in [0, 0.1) is 19.8 Å². The molecule has 114 valence electrons. The fourth-order valence-electron chi connectivity index (χ4n) is 2.47. The molecule has 1 N–H and O–H groups in total. The number of aryl methyl sites for hydroxylation is 2. The van der Waals surface area contributed by atoms with Crippen molar-refractivity contribution >= 4 is 5.82 Å². The summed E-state index contributed by atoms with van der Waals surface area (Å²) in [6, 6.07) is -0.0913. The number of hydrogen-bond acceptors (Lipinski definition) is 5. The summed E-state index contributed by atoms with van der Waals surface area (Å²) in [5.41, 5.74) is 1.69. The number of hydrogen-bond donors (Lipinski definition) is 1. The zero-order valence-electron chi connectivity index (χ0n) is 13.2. The van der Waals surface area contributed by atoms with Crippen LogP contribution in [-0.4, -0.2) is 14.7 Å². The van der Waals surface area contributed by atoms with E-state index in [1.807, 2.05) is 20.8 Å². The molecule has 0 radical (unpaired) electrons. The van der Waals surface area contributed by atoms with Gasteiger partial charge in [-0.2, -0.15) is 0 Å². The molecule has 0 aliphatic carbocycles. The Labute approximate surface area is 124 Å². The van der Waals surface area contributed by atoms with Gasteiger partial charge in [0.05, 0.1) is 11.7 Å². The SMILES string of the molecule is Cc1noc(C)c1C(C)Nc1nccn(CC(C)C)c1=O. The Bertz CT molecular complexity index is 653. The Balaban J connectivity index is 2.26. The molecule has 0 spiro atoms. The van der Waals surface area contributed by atoms with Gasteiger partial charge in [0.2, 0.25) is 0 Å². The van der Waals surface area contributed by atoms with Gasteiger partial charge < -0.3 is 14.4 Å².